The van der Waals surface area contributed by atoms with Crippen LogP contribution in [-0.2, 0) is 10.0 Å². The van der Waals surface area contributed by atoms with Crippen molar-refractivity contribution < 1.29 is 22.3 Å². The van der Waals surface area contributed by atoms with Crippen molar-refractivity contribution in [3.8, 4) is 6.07 Å². The van der Waals surface area contributed by atoms with Gasteiger partial charge in [0, 0.05) is 0 Å². The number of hydrogen-bond donors (Lipinski definition) is 1. The first kappa shape index (κ1) is 16.9. The number of rotatable bonds is 5. The summed E-state index contributed by atoms with van der Waals surface area (Å²) in [7, 11) is -4.37. The summed E-state index contributed by atoms with van der Waals surface area (Å²) in [5, 5.41) is 17.8. The first-order valence-corrected chi connectivity index (χ1v) is 7.93. The Labute approximate surface area is 132 Å². The zero-order chi connectivity index (χ0) is 17.0. The second kappa shape index (κ2) is 6.73. The molecule has 0 atom stereocenters. The molecule has 1 N–H and O–H groups in total. The van der Waals surface area contributed by atoms with Crippen LogP contribution in [-0.4, -0.2) is 26.7 Å². The topological polar surface area (TPSA) is 81.4 Å². The van der Waals surface area contributed by atoms with Crippen molar-refractivity contribution in [1.29, 1.82) is 5.26 Å². The molecule has 0 aliphatic heterocycles. The van der Waals surface area contributed by atoms with Gasteiger partial charge >= 0.3 is 0 Å². The number of aliphatic hydroxyl groups is 1. The van der Waals surface area contributed by atoms with E-state index in [4.69, 9.17) is 10.4 Å². The van der Waals surface area contributed by atoms with Crippen LogP contribution in [0.3, 0.4) is 0 Å². The predicted octanol–water partition coefficient (Wildman–Crippen LogP) is 2.02. The van der Waals surface area contributed by atoms with E-state index in [-0.39, 0.29) is 17.8 Å². The third-order valence-corrected chi connectivity index (χ3v) is 4.89. The highest BCUT2D eigenvalue weighted by Crippen LogP contribution is 2.26. The lowest BCUT2D eigenvalue weighted by Crippen LogP contribution is -2.34. The molecule has 0 aliphatic carbocycles. The Hall–Kier alpha value is -2.50. The van der Waals surface area contributed by atoms with Crippen LogP contribution >= 0.6 is 0 Å². The number of nitriles is 1. The van der Waals surface area contributed by atoms with Crippen molar-refractivity contribution in [1.82, 2.24) is 0 Å². The smallest absolute Gasteiger partial charge is 0.267 e. The highest BCUT2D eigenvalue weighted by Gasteiger charge is 2.28. The first-order valence-electron chi connectivity index (χ1n) is 6.49. The minimum atomic E-state index is -4.37. The van der Waals surface area contributed by atoms with Gasteiger partial charge in [-0.05, 0) is 36.4 Å². The van der Waals surface area contributed by atoms with E-state index in [1.807, 2.05) is 0 Å². The second-order valence-corrected chi connectivity index (χ2v) is 6.37. The van der Waals surface area contributed by atoms with Crippen LogP contribution < -0.4 is 4.31 Å². The Morgan fingerprint density at radius 3 is 2.48 bits per heavy atom. The van der Waals surface area contributed by atoms with Crippen LogP contribution in [0.25, 0.3) is 0 Å². The summed E-state index contributed by atoms with van der Waals surface area (Å²) in [5.41, 5.74) is -0.0660. The number of nitrogens with zero attached hydrogens (tertiary/aromatic N) is 2. The lowest BCUT2D eigenvalue weighted by Gasteiger charge is -2.24. The number of hydrogen-bond acceptors (Lipinski definition) is 4. The van der Waals surface area contributed by atoms with E-state index in [9.17, 15) is 17.2 Å². The van der Waals surface area contributed by atoms with Gasteiger partial charge in [0.15, 0.2) is 0 Å². The minimum Gasteiger partial charge on any atom is -0.394 e. The van der Waals surface area contributed by atoms with Crippen LogP contribution in [0.2, 0.25) is 0 Å². The zero-order valence-corrected chi connectivity index (χ0v) is 12.6. The normalized spacial score (nSPS) is 11.0. The van der Waals surface area contributed by atoms with E-state index in [1.54, 1.807) is 6.07 Å². The number of sulfonamides is 1. The molecular formula is C15H12F2N2O3S. The van der Waals surface area contributed by atoms with E-state index >= 15 is 0 Å². The molecule has 0 saturated carbocycles. The Morgan fingerprint density at radius 2 is 1.91 bits per heavy atom. The number of anilines is 1. The highest BCUT2D eigenvalue weighted by molar-refractivity contribution is 7.92. The molecular weight excluding hydrogens is 326 g/mol. The van der Waals surface area contributed by atoms with Crippen molar-refractivity contribution in [3.63, 3.8) is 0 Å². The van der Waals surface area contributed by atoms with Crippen molar-refractivity contribution in [2.45, 2.75) is 4.90 Å². The fraction of sp³-hybridized carbons (Fsp3) is 0.133. The molecule has 23 heavy (non-hydrogen) atoms. The van der Waals surface area contributed by atoms with Crippen LogP contribution in [0.5, 0.6) is 0 Å². The van der Waals surface area contributed by atoms with Gasteiger partial charge in [-0.2, -0.15) is 5.26 Å². The molecule has 0 bridgehead atoms. The van der Waals surface area contributed by atoms with E-state index in [0.717, 1.165) is 24.3 Å². The quantitative estimate of drug-likeness (QED) is 0.904. The van der Waals surface area contributed by atoms with E-state index in [2.05, 4.69) is 0 Å². The molecule has 0 heterocycles. The van der Waals surface area contributed by atoms with Gasteiger partial charge in [-0.3, -0.25) is 4.31 Å². The molecule has 8 heteroatoms. The Bertz CT molecular complexity index is 863. The largest absolute Gasteiger partial charge is 0.394 e. The van der Waals surface area contributed by atoms with Crippen molar-refractivity contribution in [3.05, 3.63) is 59.7 Å². The maximum atomic E-state index is 14.0. The number of halogens is 2. The van der Waals surface area contributed by atoms with Gasteiger partial charge in [0.1, 0.15) is 16.5 Å². The van der Waals surface area contributed by atoms with E-state index in [0.29, 0.717) is 4.31 Å². The van der Waals surface area contributed by atoms with Gasteiger partial charge in [0.05, 0.1) is 30.5 Å². The fourth-order valence-corrected chi connectivity index (χ4v) is 3.50. The minimum absolute atomic E-state index is 0.0269. The SMILES string of the molecule is N#Cc1ccc(S(=O)(=O)N(CCO)c2cccc(F)c2)c(F)c1. The molecule has 5 nitrogen and oxygen atoms in total. The standard InChI is InChI=1S/C15H12F2N2O3S/c16-12-2-1-3-13(9-12)19(6-7-20)23(21,22)15-5-4-11(10-18)8-14(15)17/h1-5,8-9,20H,6-7H2. The van der Waals surface area contributed by atoms with Gasteiger partial charge in [-0.15, -0.1) is 0 Å². The third kappa shape index (κ3) is 3.47. The second-order valence-electron chi connectivity index (χ2n) is 4.54. The fourth-order valence-electron chi connectivity index (χ4n) is 2.01. The van der Waals surface area contributed by atoms with Gasteiger partial charge < -0.3 is 5.11 Å². The summed E-state index contributed by atoms with van der Waals surface area (Å²) in [6.45, 7) is -0.904. The molecule has 2 aromatic carbocycles. The Balaban J connectivity index is 2.56. The van der Waals surface area contributed by atoms with Crippen LogP contribution in [0.15, 0.2) is 47.4 Å². The van der Waals surface area contributed by atoms with Crippen LogP contribution in [0.4, 0.5) is 14.5 Å². The van der Waals surface area contributed by atoms with Crippen LogP contribution in [0, 0.1) is 23.0 Å². The lowest BCUT2D eigenvalue weighted by molar-refractivity contribution is 0.306. The zero-order valence-electron chi connectivity index (χ0n) is 11.8. The molecule has 0 amide bonds. The van der Waals surface area contributed by atoms with Gasteiger partial charge in [-0.1, -0.05) is 6.07 Å². The summed E-state index contributed by atoms with van der Waals surface area (Å²) < 4.78 is 53.3. The molecule has 0 saturated heterocycles. The molecule has 120 valence electrons. The molecule has 0 radical (unpaired) electrons. The maximum absolute atomic E-state index is 14.0. The van der Waals surface area contributed by atoms with Gasteiger partial charge in [-0.25, -0.2) is 17.2 Å². The molecule has 0 unspecified atom stereocenters. The van der Waals surface area contributed by atoms with Gasteiger partial charge in [0.2, 0.25) is 0 Å². The summed E-state index contributed by atoms with van der Waals surface area (Å²) in [6, 6.07) is 9.37. The van der Waals surface area contributed by atoms with Crippen LogP contribution in [0.1, 0.15) is 5.56 Å². The Morgan fingerprint density at radius 1 is 1.17 bits per heavy atom. The average Bonchev–Trinajstić information content (AvgIpc) is 2.51. The first-order chi connectivity index (χ1) is 10.9. The predicted molar refractivity (Wildman–Crippen MR) is 79.1 cm³/mol. The average molecular weight is 338 g/mol. The molecule has 2 aromatic rings. The van der Waals surface area contributed by atoms with Gasteiger partial charge in [0.25, 0.3) is 10.0 Å². The number of benzene rings is 2. The van der Waals surface area contributed by atoms with Crippen molar-refractivity contribution in [2.24, 2.45) is 0 Å². The summed E-state index contributed by atoms with van der Waals surface area (Å²) in [6.07, 6.45) is 0. The van der Waals surface area contributed by atoms with E-state index in [1.165, 1.54) is 18.2 Å². The molecule has 0 fully saturated rings. The summed E-state index contributed by atoms with van der Waals surface area (Å²) in [5.74, 6) is -1.76. The number of aliphatic hydroxyl groups excluding tert-OH is 1. The van der Waals surface area contributed by atoms with E-state index < -0.39 is 33.2 Å². The Kier molecular flexibility index (Phi) is 4.93. The van der Waals surface area contributed by atoms with Crippen molar-refractivity contribution >= 4 is 15.7 Å². The summed E-state index contributed by atoms with van der Waals surface area (Å²) >= 11 is 0. The summed E-state index contributed by atoms with van der Waals surface area (Å²) in [4.78, 5) is -0.658. The molecule has 0 spiro atoms. The lowest BCUT2D eigenvalue weighted by atomic mass is 10.2. The monoisotopic (exact) mass is 338 g/mol. The highest BCUT2D eigenvalue weighted by atomic mass is 32.2. The molecule has 0 aliphatic rings. The maximum Gasteiger partial charge on any atom is 0.267 e. The van der Waals surface area contributed by atoms with Crippen molar-refractivity contribution in [2.75, 3.05) is 17.5 Å². The molecule has 0 aromatic heterocycles. The third-order valence-electron chi connectivity index (χ3n) is 3.03. The molecule has 2 rings (SSSR count).